The first-order chi connectivity index (χ1) is 9.35. The van der Waals surface area contributed by atoms with E-state index < -0.39 is 0 Å². The normalized spacial score (nSPS) is 19.8. The van der Waals surface area contributed by atoms with Crippen LogP contribution in [0.1, 0.15) is 39.5 Å². The monoisotopic (exact) mass is 284 g/mol. The maximum atomic E-state index is 8.77. The van der Waals surface area contributed by atoms with Crippen molar-refractivity contribution in [2.75, 3.05) is 40.3 Å². The number of likely N-dealkylation sites (tertiary alicyclic amines) is 1. The minimum atomic E-state index is -0.210. The molecule has 1 saturated heterocycles. The zero-order valence-corrected chi connectivity index (χ0v) is 13.6. The molecule has 1 aliphatic rings. The van der Waals surface area contributed by atoms with Crippen LogP contribution < -0.4 is 5.73 Å². The number of oxime groups is 1. The standard InChI is InChI=1S/C15H32N4O/c1-15(2,14(16)17-20)8-5-9-19-10-6-13(7-11-19)12-18(3)4/h13,20H,5-12H2,1-4H3,(H2,16,17). The Hall–Kier alpha value is -0.810. The van der Waals surface area contributed by atoms with Gasteiger partial charge in [-0.05, 0) is 65.3 Å². The Bertz CT molecular complexity index is 307. The molecule has 0 saturated carbocycles. The Morgan fingerprint density at radius 2 is 1.95 bits per heavy atom. The fraction of sp³-hybridized carbons (Fsp3) is 0.933. The maximum Gasteiger partial charge on any atom is 0.144 e. The van der Waals surface area contributed by atoms with Gasteiger partial charge in [-0.2, -0.15) is 0 Å². The van der Waals surface area contributed by atoms with Crippen LogP contribution in [0.2, 0.25) is 0 Å². The summed E-state index contributed by atoms with van der Waals surface area (Å²) in [7, 11) is 4.31. The summed E-state index contributed by atoms with van der Waals surface area (Å²) < 4.78 is 0. The van der Waals surface area contributed by atoms with E-state index in [0.29, 0.717) is 5.84 Å². The topological polar surface area (TPSA) is 65.1 Å². The Kier molecular flexibility index (Phi) is 6.76. The van der Waals surface area contributed by atoms with Gasteiger partial charge in [-0.1, -0.05) is 19.0 Å². The van der Waals surface area contributed by atoms with E-state index in [-0.39, 0.29) is 5.41 Å². The average Bonchev–Trinajstić information content (AvgIpc) is 2.39. The van der Waals surface area contributed by atoms with Gasteiger partial charge in [0.25, 0.3) is 0 Å². The van der Waals surface area contributed by atoms with Crippen molar-refractivity contribution in [3.05, 3.63) is 0 Å². The smallest absolute Gasteiger partial charge is 0.144 e. The van der Waals surface area contributed by atoms with E-state index in [1.54, 1.807) is 0 Å². The van der Waals surface area contributed by atoms with Gasteiger partial charge in [0.15, 0.2) is 0 Å². The summed E-state index contributed by atoms with van der Waals surface area (Å²) in [6.45, 7) is 8.82. The summed E-state index contributed by atoms with van der Waals surface area (Å²) in [6, 6.07) is 0. The SMILES string of the molecule is CN(C)CC1CCN(CCCC(C)(C)C(N)=NO)CC1. The molecule has 0 aromatic heterocycles. The third-order valence-corrected chi connectivity index (χ3v) is 4.41. The largest absolute Gasteiger partial charge is 0.409 e. The van der Waals surface area contributed by atoms with E-state index in [9.17, 15) is 0 Å². The number of hydrogen-bond donors (Lipinski definition) is 2. The van der Waals surface area contributed by atoms with Crippen LogP contribution in [0.15, 0.2) is 5.16 Å². The molecule has 5 nitrogen and oxygen atoms in total. The molecule has 0 radical (unpaired) electrons. The van der Waals surface area contributed by atoms with Crippen molar-refractivity contribution in [2.45, 2.75) is 39.5 Å². The van der Waals surface area contributed by atoms with Crippen molar-refractivity contribution in [3.63, 3.8) is 0 Å². The molecule has 3 N–H and O–H groups in total. The van der Waals surface area contributed by atoms with Crippen LogP contribution in [0.4, 0.5) is 0 Å². The first-order valence-electron chi connectivity index (χ1n) is 7.70. The number of nitrogens with zero attached hydrogens (tertiary/aromatic N) is 3. The quantitative estimate of drug-likeness (QED) is 0.324. The number of hydrogen-bond acceptors (Lipinski definition) is 4. The van der Waals surface area contributed by atoms with Crippen molar-refractivity contribution >= 4 is 5.84 Å². The van der Waals surface area contributed by atoms with E-state index in [4.69, 9.17) is 10.9 Å². The third kappa shape index (κ3) is 5.67. The molecular formula is C15H32N4O. The minimum Gasteiger partial charge on any atom is -0.409 e. The van der Waals surface area contributed by atoms with Crippen molar-refractivity contribution in [2.24, 2.45) is 22.2 Å². The highest BCUT2D eigenvalue weighted by Gasteiger charge is 2.24. The van der Waals surface area contributed by atoms with Crippen LogP contribution >= 0.6 is 0 Å². The highest BCUT2D eigenvalue weighted by Crippen LogP contribution is 2.24. The lowest BCUT2D eigenvalue weighted by Crippen LogP contribution is -2.38. The number of piperidine rings is 1. The molecule has 1 rings (SSSR count). The molecule has 5 heteroatoms. The number of rotatable bonds is 7. The van der Waals surface area contributed by atoms with E-state index in [0.717, 1.165) is 25.3 Å². The van der Waals surface area contributed by atoms with E-state index in [1.807, 2.05) is 13.8 Å². The molecule has 0 unspecified atom stereocenters. The van der Waals surface area contributed by atoms with Gasteiger partial charge < -0.3 is 20.7 Å². The van der Waals surface area contributed by atoms with Gasteiger partial charge in [-0.25, -0.2) is 0 Å². The molecule has 0 bridgehead atoms. The number of amidine groups is 1. The Morgan fingerprint density at radius 1 is 1.35 bits per heavy atom. The van der Waals surface area contributed by atoms with Gasteiger partial charge in [0, 0.05) is 12.0 Å². The van der Waals surface area contributed by atoms with Gasteiger partial charge >= 0.3 is 0 Å². The molecule has 0 aliphatic carbocycles. The molecule has 0 spiro atoms. The summed E-state index contributed by atoms with van der Waals surface area (Å²) in [5, 5.41) is 11.9. The Balaban J connectivity index is 2.22. The molecule has 0 aromatic rings. The van der Waals surface area contributed by atoms with E-state index >= 15 is 0 Å². The lowest BCUT2D eigenvalue weighted by atomic mass is 9.86. The van der Waals surface area contributed by atoms with Crippen LogP contribution in [0.5, 0.6) is 0 Å². The predicted molar refractivity (Wildman–Crippen MR) is 84.1 cm³/mol. The fourth-order valence-corrected chi connectivity index (χ4v) is 2.92. The molecule has 20 heavy (non-hydrogen) atoms. The fourth-order valence-electron chi connectivity index (χ4n) is 2.92. The maximum absolute atomic E-state index is 8.77. The summed E-state index contributed by atoms with van der Waals surface area (Å²) in [5.74, 6) is 1.19. The Morgan fingerprint density at radius 3 is 2.45 bits per heavy atom. The third-order valence-electron chi connectivity index (χ3n) is 4.41. The average molecular weight is 284 g/mol. The lowest BCUT2D eigenvalue weighted by Gasteiger charge is -2.33. The van der Waals surface area contributed by atoms with Gasteiger partial charge in [0.1, 0.15) is 5.84 Å². The van der Waals surface area contributed by atoms with Crippen LogP contribution in [-0.2, 0) is 0 Å². The lowest BCUT2D eigenvalue weighted by molar-refractivity contribution is 0.157. The van der Waals surface area contributed by atoms with E-state index in [2.05, 4.69) is 29.1 Å². The zero-order valence-electron chi connectivity index (χ0n) is 13.6. The van der Waals surface area contributed by atoms with Crippen molar-refractivity contribution in [1.82, 2.24) is 9.80 Å². The first-order valence-corrected chi connectivity index (χ1v) is 7.70. The highest BCUT2D eigenvalue weighted by atomic mass is 16.4. The van der Waals surface area contributed by atoms with Crippen LogP contribution in [-0.4, -0.2) is 61.1 Å². The zero-order chi connectivity index (χ0) is 15.2. The molecule has 1 fully saturated rings. The van der Waals surface area contributed by atoms with Gasteiger partial charge in [0.2, 0.25) is 0 Å². The first kappa shape index (κ1) is 17.2. The van der Waals surface area contributed by atoms with Crippen LogP contribution in [0.25, 0.3) is 0 Å². The van der Waals surface area contributed by atoms with Gasteiger partial charge in [-0.3, -0.25) is 0 Å². The van der Waals surface area contributed by atoms with Gasteiger partial charge in [-0.15, -0.1) is 0 Å². The second kappa shape index (κ2) is 7.84. The molecule has 118 valence electrons. The van der Waals surface area contributed by atoms with Gasteiger partial charge in [0.05, 0.1) is 0 Å². The Labute approximate surface area is 123 Å². The van der Waals surface area contributed by atoms with E-state index in [1.165, 1.54) is 32.5 Å². The summed E-state index contributed by atoms with van der Waals surface area (Å²) >= 11 is 0. The van der Waals surface area contributed by atoms with Crippen molar-refractivity contribution in [3.8, 4) is 0 Å². The summed E-state index contributed by atoms with van der Waals surface area (Å²) in [6.07, 6.45) is 4.67. The molecule has 1 heterocycles. The number of nitrogens with two attached hydrogens (primary N) is 1. The summed E-state index contributed by atoms with van der Waals surface area (Å²) in [4.78, 5) is 4.84. The minimum absolute atomic E-state index is 0.210. The molecule has 0 aromatic carbocycles. The molecule has 0 atom stereocenters. The van der Waals surface area contributed by atoms with Crippen molar-refractivity contribution in [1.29, 1.82) is 0 Å². The molecule has 1 aliphatic heterocycles. The molecule has 0 amide bonds. The second-order valence-electron chi connectivity index (χ2n) is 7.02. The summed E-state index contributed by atoms with van der Waals surface area (Å²) in [5.41, 5.74) is 5.51. The van der Waals surface area contributed by atoms with Crippen LogP contribution in [0, 0.1) is 11.3 Å². The highest BCUT2D eigenvalue weighted by molar-refractivity contribution is 5.85. The second-order valence-corrected chi connectivity index (χ2v) is 7.02. The molecular weight excluding hydrogens is 252 g/mol. The van der Waals surface area contributed by atoms with Crippen LogP contribution in [0.3, 0.4) is 0 Å². The van der Waals surface area contributed by atoms with Crippen molar-refractivity contribution < 1.29 is 5.21 Å². The predicted octanol–water partition coefficient (Wildman–Crippen LogP) is 1.81.